The minimum Gasteiger partial charge on any atom is -0.497 e. The fourth-order valence-corrected chi connectivity index (χ4v) is 2.35. The fraction of sp³-hybridized carbons (Fsp3) is 0.562. The van der Waals surface area contributed by atoms with Crippen molar-refractivity contribution >= 4 is 5.78 Å². The van der Waals surface area contributed by atoms with Gasteiger partial charge in [-0.15, -0.1) is 0 Å². The van der Waals surface area contributed by atoms with Crippen LogP contribution < -0.4 is 10.1 Å². The summed E-state index contributed by atoms with van der Waals surface area (Å²) in [7, 11) is 1.60. The van der Waals surface area contributed by atoms with Crippen molar-refractivity contribution in [3.63, 3.8) is 0 Å². The third-order valence-electron chi connectivity index (χ3n) is 3.61. The van der Waals surface area contributed by atoms with E-state index in [1.54, 1.807) is 13.2 Å². The lowest BCUT2D eigenvalue weighted by atomic mass is 10.1. The third kappa shape index (κ3) is 5.46. The van der Waals surface area contributed by atoms with E-state index in [9.17, 15) is 4.79 Å². The van der Waals surface area contributed by atoms with Crippen molar-refractivity contribution in [1.82, 2.24) is 10.2 Å². The molecular formula is C16H24N2O3. The summed E-state index contributed by atoms with van der Waals surface area (Å²) in [5, 5.41) is 3.21. The summed E-state index contributed by atoms with van der Waals surface area (Å²) in [6.45, 7) is 5.99. The first-order valence-electron chi connectivity index (χ1n) is 7.47. The molecule has 2 rings (SSSR count). The zero-order valence-corrected chi connectivity index (χ0v) is 12.6. The van der Waals surface area contributed by atoms with Gasteiger partial charge in [-0.25, -0.2) is 0 Å². The summed E-state index contributed by atoms with van der Waals surface area (Å²) in [5.74, 6) is 0.813. The number of ether oxygens (including phenoxy) is 2. The summed E-state index contributed by atoms with van der Waals surface area (Å²) in [5.41, 5.74) is 0.690. The molecule has 0 aliphatic carbocycles. The molecule has 116 valence electrons. The Morgan fingerprint density at radius 1 is 1.38 bits per heavy atom. The van der Waals surface area contributed by atoms with Crippen LogP contribution in [0.1, 0.15) is 16.8 Å². The highest BCUT2D eigenvalue weighted by atomic mass is 16.5. The van der Waals surface area contributed by atoms with Crippen LogP contribution in [0.3, 0.4) is 0 Å². The smallest absolute Gasteiger partial charge is 0.176 e. The highest BCUT2D eigenvalue weighted by molar-refractivity contribution is 5.97. The first-order chi connectivity index (χ1) is 10.3. The van der Waals surface area contributed by atoms with Gasteiger partial charge in [-0.2, -0.15) is 0 Å². The number of nitrogens with zero attached hydrogens (tertiary/aromatic N) is 1. The molecule has 21 heavy (non-hydrogen) atoms. The average molecular weight is 292 g/mol. The van der Waals surface area contributed by atoms with Gasteiger partial charge in [0.1, 0.15) is 5.75 Å². The number of rotatable bonds is 8. The van der Waals surface area contributed by atoms with E-state index in [0.29, 0.717) is 17.9 Å². The molecule has 1 saturated heterocycles. The molecule has 5 nitrogen and oxygen atoms in total. The van der Waals surface area contributed by atoms with Gasteiger partial charge in [0.2, 0.25) is 0 Å². The van der Waals surface area contributed by atoms with Crippen LogP contribution in [0.5, 0.6) is 5.75 Å². The molecule has 1 fully saturated rings. The van der Waals surface area contributed by atoms with Crippen LogP contribution in [0.4, 0.5) is 0 Å². The maximum atomic E-state index is 12.0. The Kier molecular flexibility index (Phi) is 6.66. The zero-order chi connectivity index (χ0) is 14.9. The molecule has 0 radical (unpaired) electrons. The van der Waals surface area contributed by atoms with E-state index in [2.05, 4.69) is 10.2 Å². The summed E-state index contributed by atoms with van der Waals surface area (Å²) < 4.78 is 10.4. The molecule has 5 heteroatoms. The van der Waals surface area contributed by atoms with Gasteiger partial charge in [-0.3, -0.25) is 9.69 Å². The maximum absolute atomic E-state index is 12.0. The number of carbonyl (C=O) groups is 1. The van der Waals surface area contributed by atoms with Gasteiger partial charge in [-0.05, 0) is 31.6 Å². The Morgan fingerprint density at radius 3 is 2.95 bits per heavy atom. The number of carbonyl (C=O) groups excluding carboxylic acids is 1. The summed E-state index contributed by atoms with van der Waals surface area (Å²) in [6, 6.07) is 7.27. The van der Waals surface area contributed by atoms with Gasteiger partial charge in [-0.1, -0.05) is 12.1 Å². The first kappa shape index (κ1) is 15.9. The standard InChI is InChI=1S/C16H24N2O3/c1-20-15-5-2-4-14(12-15)16(19)13-17-6-3-7-18-8-10-21-11-9-18/h2,4-5,12,17H,3,6-11,13H2,1H3. The molecule has 0 bridgehead atoms. The monoisotopic (exact) mass is 292 g/mol. The molecule has 1 heterocycles. The molecule has 1 aliphatic rings. The van der Waals surface area contributed by atoms with E-state index in [4.69, 9.17) is 9.47 Å². The van der Waals surface area contributed by atoms with Gasteiger partial charge >= 0.3 is 0 Å². The lowest BCUT2D eigenvalue weighted by molar-refractivity contribution is 0.0375. The summed E-state index contributed by atoms with van der Waals surface area (Å²) >= 11 is 0. The molecule has 1 N–H and O–H groups in total. The van der Waals surface area contributed by atoms with Crippen LogP contribution in [0.2, 0.25) is 0 Å². The van der Waals surface area contributed by atoms with Gasteiger partial charge in [0.05, 0.1) is 26.9 Å². The molecule has 1 aromatic carbocycles. The molecular weight excluding hydrogens is 268 g/mol. The molecule has 0 atom stereocenters. The number of hydrogen-bond acceptors (Lipinski definition) is 5. The number of benzene rings is 1. The second-order valence-electron chi connectivity index (χ2n) is 5.14. The van der Waals surface area contributed by atoms with E-state index in [0.717, 1.165) is 45.8 Å². The van der Waals surface area contributed by atoms with Crippen LogP contribution in [-0.4, -0.2) is 63.7 Å². The molecule has 0 spiro atoms. The number of Topliss-reactive ketones (excluding diaryl/α,β-unsaturated/α-hetero) is 1. The predicted molar refractivity (Wildman–Crippen MR) is 82.1 cm³/mol. The fourth-order valence-electron chi connectivity index (χ4n) is 2.35. The molecule has 0 amide bonds. The topological polar surface area (TPSA) is 50.8 Å². The highest BCUT2D eigenvalue weighted by Gasteiger charge is 2.09. The minimum absolute atomic E-state index is 0.0975. The largest absolute Gasteiger partial charge is 0.497 e. The Hall–Kier alpha value is -1.43. The van der Waals surface area contributed by atoms with E-state index in [-0.39, 0.29) is 5.78 Å². The van der Waals surface area contributed by atoms with Crippen LogP contribution in [0.15, 0.2) is 24.3 Å². The van der Waals surface area contributed by atoms with Crippen molar-refractivity contribution < 1.29 is 14.3 Å². The van der Waals surface area contributed by atoms with Crippen LogP contribution in [0, 0.1) is 0 Å². The third-order valence-corrected chi connectivity index (χ3v) is 3.61. The normalized spacial score (nSPS) is 15.9. The maximum Gasteiger partial charge on any atom is 0.176 e. The van der Waals surface area contributed by atoms with Gasteiger partial charge < -0.3 is 14.8 Å². The predicted octanol–water partition coefficient (Wildman–Crippen LogP) is 1.19. The lowest BCUT2D eigenvalue weighted by Gasteiger charge is -2.26. The Morgan fingerprint density at radius 2 is 2.19 bits per heavy atom. The Bertz CT molecular complexity index is 445. The van der Waals surface area contributed by atoms with Crippen molar-refractivity contribution in [2.45, 2.75) is 6.42 Å². The molecule has 0 unspecified atom stereocenters. The van der Waals surface area contributed by atoms with Gasteiger partial charge in [0.25, 0.3) is 0 Å². The van der Waals surface area contributed by atoms with E-state index >= 15 is 0 Å². The molecule has 1 aromatic rings. The number of methoxy groups -OCH3 is 1. The van der Waals surface area contributed by atoms with Crippen LogP contribution in [-0.2, 0) is 4.74 Å². The van der Waals surface area contributed by atoms with Crippen LogP contribution in [0.25, 0.3) is 0 Å². The second-order valence-corrected chi connectivity index (χ2v) is 5.14. The number of nitrogens with one attached hydrogen (secondary N) is 1. The first-order valence-corrected chi connectivity index (χ1v) is 7.47. The van der Waals surface area contributed by atoms with Crippen LogP contribution >= 0.6 is 0 Å². The average Bonchev–Trinajstić information content (AvgIpc) is 2.55. The van der Waals surface area contributed by atoms with Gasteiger partial charge in [0, 0.05) is 18.7 Å². The lowest BCUT2D eigenvalue weighted by Crippen LogP contribution is -2.38. The molecule has 0 aromatic heterocycles. The summed E-state index contributed by atoms with van der Waals surface area (Å²) in [4.78, 5) is 14.4. The van der Waals surface area contributed by atoms with Gasteiger partial charge in [0.15, 0.2) is 5.78 Å². The number of hydrogen-bond donors (Lipinski definition) is 1. The molecule has 0 saturated carbocycles. The Balaban J connectivity index is 1.62. The molecule has 1 aliphatic heterocycles. The zero-order valence-electron chi connectivity index (χ0n) is 12.6. The highest BCUT2D eigenvalue weighted by Crippen LogP contribution is 2.12. The van der Waals surface area contributed by atoms with Crippen molar-refractivity contribution in [3.8, 4) is 5.75 Å². The quantitative estimate of drug-likeness (QED) is 0.576. The van der Waals surface area contributed by atoms with Crippen molar-refractivity contribution in [1.29, 1.82) is 0 Å². The van der Waals surface area contributed by atoms with E-state index in [1.807, 2.05) is 18.2 Å². The number of morpholine rings is 1. The van der Waals surface area contributed by atoms with Crippen molar-refractivity contribution in [2.24, 2.45) is 0 Å². The van der Waals surface area contributed by atoms with E-state index in [1.165, 1.54) is 0 Å². The van der Waals surface area contributed by atoms with Crippen molar-refractivity contribution in [3.05, 3.63) is 29.8 Å². The number of ketones is 1. The summed E-state index contributed by atoms with van der Waals surface area (Å²) in [6.07, 6.45) is 1.05. The van der Waals surface area contributed by atoms with E-state index < -0.39 is 0 Å². The SMILES string of the molecule is COc1cccc(C(=O)CNCCCN2CCOCC2)c1. The second kappa shape index (κ2) is 8.77. The Labute approximate surface area is 126 Å². The minimum atomic E-state index is 0.0975. The van der Waals surface area contributed by atoms with Crippen molar-refractivity contribution in [2.75, 3.05) is 53.0 Å².